The maximum Gasteiger partial charge on any atom is 0.313 e. The maximum absolute atomic E-state index is 11.7. The smallest absolute Gasteiger partial charge is 0.313 e. The Morgan fingerprint density at radius 3 is 2.67 bits per heavy atom. The van der Waals surface area contributed by atoms with Crippen LogP contribution in [0.2, 0.25) is 0 Å². The topological polar surface area (TPSA) is 110 Å². The van der Waals surface area contributed by atoms with Gasteiger partial charge in [0.1, 0.15) is 6.54 Å². The van der Waals surface area contributed by atoms with Gasteiger partial charge in [0, 0.05) is 5.54 Å². The molecular weight excluding hydrogens is 258 g/mol. The highest BCUT2D eigenvalue weighted by Gasteiger charge is 2.17. The number of rotatable bonds is 5. The summed E-state index contributed by atoms with van der Waals surface area (Å²) in [5, 5.41) is 22.4. The van der Waals surface area contributed by atoms with Gasteiger partial charge in [-0.15, -0.1) is 5.10 Å². The Balaban J connectivity index is 2.59. The number of carbonyl (C=O) groups excluding carboxylic acids is 1. The molecular formula is C9H15N5O3S. The summed E-state index contributed by atoms with van der Waals surface area (Å²) in [4.78, 5) is 22.1. The fraction of sp³-hybridized carbons (Fsp3) is 0.667. The predicted molar refractivity (Wildman–Crippen MR) is 64.1 cm³/mol. The number of aromatic nitrogens is 4. The summed E-state index contributed by atoms with van der Waals surface area (Å²) in [5.74, 6) is -1.35. The Bertz CT molecular complexity index is 440. The summed E-state index contributed by atoms with van der Waals surface area (Å²) in [6.45, 7) is 5.56. The largest absolute Gasteiger partial charge is 0.481 e. The first-order chi connectivity index (χ1) is 8.28. The Hall–Kier alpha value is -1.64. The summed E-state index contributed by atoms with van der Waals surface area (Å²) in [6.07, 6.45) is 0. The van der Waals surface area contributed by atoms with Crippen LogP contribution >= 0.6 is 11.8 Å². The highest BCUT2D eigenvalue weighted by molar-refractivity contribution is 7.99. The molecule has 1 heterocycles. The van der Waals surface area contributed by atoms with Crippen molar-refractivity contribution in [3.63, 3.8) is 0 Å². The molecule has 0 spiro atoms. The molecule has 1 aromatic rings. The minimum Gasteiger partial charge on any atom is -0.481 e. The first-order valence-electron chi connectivity index (χ1n) is 5.20. The lowest BCUT2D eigenvalue weighted by molar-refractivity contribution is -0.134. The molecule has 0 aliphatic rings. The standard InChI is InChI=1S/C9H15N5O3S/c1-9(2,3)10-6(15)4-14-8(11-12-13-14)18-5-7(16)17/h4-5H2,1-3H3,(H,10,15)(H,16,17). The summed E-state index contributed by atoms with van der Waals surface area (Å²) >= 11 is 0.969. The van der Waals surface area contributed by atoms with E-state index in [9.17, 15) is 9.59 Å². The van der Waals surface area contributed by atoms with E-state index in [1.807, 2.05) is 20.8 Å². The zero-order valence-electron chi connectivity index (χ0n) is 10.4. The molecule has 1 aromatic heterocycles. The van der Waals surface area contributed by atoms with E-state index in [0.29, 0.717) is 5.16 Å². The molecule has 0 atom stereocenters. The zero-order valence-corrected chi connectivity index (χ0v) is 11.2. The fourth-order valence-electron chi connectivity index (χ4n) is 1.12. The Labute approximate surface area is 108 Å². The number of nitrogens with one attached hydrogen (secondary N) is 1. The zero-order chi connectivity index (χ0) is 13.8. The molecule has 0 fully saturated rings. The molecule has 8 nitrogen and oxygen atoms in total. The molecule has 0 saturated heterocycles. The first-order valence-corrected chi connectivity index (χ1v) is 6.18. The first kappa shape index (κ1) is 14.4. The van der Waals surface area contributed by atoms with E-state index in [1.165, 1.54) is 4.68 Å². The number of nitrogens with zero attached hydrogens (tertiary/aromatic N) is 4. The SMILES string of the molecule is CC(C)(C)NC(=O)Cn1nnnc1SCC(=O)O. The minimum atomic E-state index is -0.964. The van der Waals surface area contributed by atoms with Crippen molar-refractivity contribution in [3.8, 4) is 0 Å². The number of thioether (sulfide) groups is 1. The summed E-state index contributed by atoms with van der Waals surface area (Å²) in [7, 11) is 0. The van der Waals surface area contributed by atoms with Crippen molar-refractivity contribution in [2.24, 2.45) is 0 Å². The number of tetrazole rings is 1. The van der Waals surface area contributed by atoms with E-state index in [1.54, 1.807) is 0 Å². The van der Waals surface area contributed by atoms with Crippen LogP contribution in [0.5, 0.6) is 0 Å². The van der Waals surface area contributed by atoms with Crippen LogP contribution in [0.3, 0.4) is 0 Å². The molecule has 0 unspecified atom stereocenters. The van der Waals surface area contributed by atoms with Gasteiger partial charge in [-0.2, -0.15) is 0 Å². The van der Waals surface area contributed by atoms with Gasteiger partial charge >= 0.3 is 5.97 Å². The van der Waals surface area contributed by atoms with Crippen LogP contribution < -0.4 is 5.32 Å². The van der Waals surface area contributed by atoms with Crippen molar-refractivity contribution in [1.29, 1.82) is 0 Å². The van der Waals surface area contributed by atoms with E-state index >= 15 is 0 Å². The highest BCUT2D eigenvalue weighted by atomic mass is 32.2. The van der Waals surface area contributed by atoms with Gasteiger partial charge in [0.05, 0.1) is 5.75 Å². The van der Waals surface area contributed by atoms with Gasteiger partial charge in [-0.05, 0) is 31.2 Å². The Morgan fingerprint density at radius 2 is 2.11 bits per heavy atom. The molecule has 2 N–H and O–H groups in total. The highest BCUT2D eigenvalue weighted by Crippen LogP contribution is 2.12. The monoisotopic (exact) mass is 273 g/mol. The quantitative estimate of drug-likeness (QED) is 0.712. The van der Waals surface area contributed by atoms with Gasteiger partial charge in [-0.3, -0.25) is 9.59 Å². The number of carboxylic acid groups (broad SMARTS) is 1. The minimum absolute atomic E-state index is 0.0355. The van der Waals surface area contributed by atoms with Crippen LogP contribution in [0.1, 0.15) is 20.8 Å². The molecule has 0 radical (unpaired) electrons. The van der Waals surface area contributed by atoms with Crippen LogP contribution in [0.25, 0.3) is 0 Å². The normalized spacial score (nSPS) is 11.3. The van der Waals surface area contributed by atoms with Crippen LogP contribution in [0, 0.1) is 0 Å². The van der Waals surface area contributed by atoms with Crippen LogP contribution in [0.4, 0.5) is 0 Å². The van der Waals surface area contributed by atoms with Crippen molar-refractivity contribution < 1.29 is 14.7 Å². The van der Waals surface area contributed by atoms with Crippen molar-refractivity contribution >= 4 is 23.6 Å². The van der Waals surface area contributed by atoms with Crippen molar-refractivity contribution in [1.82, 2.24) is 25.5 Å². The van der Waals surface area contributed by atoms with E-state index < -0.39 is 5.97 Å². The van der Waals surface area contributed by atoms with Gasteiger partial charge < -0.3 is 10.4 Å². The second-order valence-corrected chi connectivity index (χ2v) is 5.54. The van der Waals surface area contributed by atoms with Crippen molar-refractivity contribution in [3.05, 3.63) is 0 Å². The summed E-state index contributed by atoms with van der Waals surface area (Å²) in [6, 6.07) is 0. The average molecular weight is 273 g/mol. The number of amides is 1. The maximum atomic E-state index is 11.7. The molecule has 1 rings (SSSR count). The van der Waals surface area contributed by atoms with Gasteiger partial charge in [0.25, 0.3) is 0 Å². The van der Waals surface area contributed by atoms with Crippen LogP contribution in [0.15, 0.2) is 5.16 Å². The second kappa shape index (κ2) is 5.80. The average Bonchev–Trinajstić information content (AvgIpc) is 2.59. The summed E-state index contributed by atoms with van der Waals surface area (Å²) < 4.78 is 1.27. The lowest BCUT2D eigenvalue weighted by atomic mass is 10.1. The molecule has 1 amide bonds. The van der Waals surface area contributed by atoms with E-state index in [-0.39, 0.29) is 23.7 Å². The lowest BCUT2D eigenvalue weighted by Gasteiger charge is -2.20. The van der Waals surface area contributed by atoms with Gasteiger partial charge in [0.15, 0.2) is 0 Å². The van der Waals surface area contributed by atoms with E-state index in [0.717, 1.165) is 11.8 Å². The molecule has 18 heavy (non-hydrogen) atoms. The molecule has 0 bridgehead atoms. The third-order valence-electron chi connectivity index (χ3n) is 1.63. The lowest BCUT2D eigenvalue weighted by Crippen LogP contribution is -2.42. The van der Waals surface area contributed by atoms with E-state index in [4.69, 9.17) is 5.11 Å². The second-order valence-electron chi connectivity index (χ2n) is 4.60. The molecule has 9 heteroatoms. The Kier molecular flexibility index (Phi) is 4.65. The summed E-state index contributed by atoms with van der Waals surface area (Å²) in [5.41, 5.74) is -0.334. The number of hydrogen-bond acceptors (Lipinski definition) is 6. The molecule has 0 aromatic carbocycles. The third-order valence-corrected chi connectivity index (χ3v) is 2.57. The number of carboxylic acids is 1. The molecule has 100 valence electrons. The van der Waals surface area contributed by atoms with Crippen LogP contribution in [-0.2, 0) is 16.1 Å². The van der Waals surface area contributed by atoms with Crippen LogP contribution in [-0.4, -0.2) is 48.5 Å². The van der Waals surface area contributed by atoms with Gasteiger partial charge in [-0.1, -0.05) is 11.8 Å². The van der Waals surface area contributed by atoms with E-state index in [2.05, 4.69) is 20.8 Å². The van der Waals surface area contributed by atoms with Crippen molar-refractivity contribution in [2.75, 3.05) is 5.75 Å². The van der Waals surface area contributed by atoms with Crippen molar-refractivity contribution in [2.45, 2.75) is 38.0 Å². The molecule has 0 saturated carbocycles. The predicted octanol–water partition coefficient (Wildman–Crippen LogP) is -0.235. The third kappa shape index (κ3) is 5.13. The number of hydrogen-bond donors (Lipinski definition) is 2. The number of carbonyl (C=O) groups is 2. The van der Waals surface area contributed by atoms with Gasteiger partial charge in [-0.25, -0.2) is 4.68 Å². The fourth-order valence-corrected chi connectivity index (χ4v) is 1.72. The number of aliphatic carboxylic acids is 1. The molecule has 0 aliphatic heterocycles. The Morgan fingerprint density at radius 1 is 1.44 bits per heavy atom. The molecule has 0 aliphatic carbocycles. The van der Waals surface area contributed by atoms with Gasteiger partial charge in [0.2, 0.25) is 11.1 Å².